The summed E-state index contributed by atoms with van der Waals surface area (Å²) in [5.74, 6) is 1.35. The van der Waals surface area contributed by atoms with E-state index in [-0.39, 0.29) is 0 Å². The molecule has 17 heavy (non-hydrogen) atoms. The van der Waals surface area contributed by atoms with E-state index in [0.29, 0.717) is 11.8 Å². The number of aryl methyl sites for hydroxylation is 1. The smallest absolute Gasteiger partial charge is 0.0705 e. The monoisotopic (exact) mass is 225 g/mol. The highest BCUT2D eigenvalue weighted by Crippen LogP contribution is 2.36. The lowest BCUT2D eigenvalue weighted by atomic mass is 9.80. The standard InChI is InChI=1S/C16H19N/c1-11(2)14-8-5-7-13-10-12-6-3-4-9-15(12)17-16(13)14/h3-4,6,9-11,14H,5,7-8H2,1-2H3. The first-order valence-electron chi connectivity index (χ1n) is 6.64. The van der Waals surface area contributed by atoms with Crippen molar-refractivity contribution < 1.29 is 0 Å². The first-order chi connectivity index (χ1) is 8.25. The van der Waals surface area contributed by atoms with Crippen LogP contribution in [0.1, 0.15) is 43.9 Å². The van der Waals surface area contributed by atoms with E-state index >= 15 is 0 Å². The van der Waals surface area contributed by atoms with Crippen LogP contribution in [0.2, 0.25) is 0 Å². The van der Waals surface area contributed by atoms with Gasteiger partial charge in [0.1, 0.15) is 0 Å². The molecule has 0 bridgehead atoms. The first kappa shape index (κ1) is 10.8. The van der Waals surface area contributed by atoms with Crippen molar-refractivity contribution in [2.75, 3.05) is 0 Å². The van der Waals surface area contributed by atoms with Crippen molar-refractivity contribution in [1.29, 1.82) is 0 Å². The van der Waals surface area contributed by atoms with Crippen LogP contribution in [0.3, 0.4) is 0 Å². The van der Waals surface area contributed by atoms with Crippen LogP contribution in [0, 0.1) is 5.92 Å². The number of fused-ring (bicyclic) bond motifs is 2. The minimum atomic E-state index is 0.656. The van der Waals surface area contributed by atoms with E-state index in [2.05, 4.69) is 44.2 Å². The fraction of sp³-hybridized carbons (Fsp3) is 0.438. The summed E-state index contributed by atoms with van der Waals surface area (Å²) in [4.78, 5) is 4.92. The van der Waals surface area contributed by atoms with Crippen molar-refractivity contribution in [1.82, 2.24) is 4.98 Å². The summed E-state index contributed by atoms with van der Waals surface area (Å²) < 4.78 is 0. The van der Waals surface area contributed by atoms with Gasteiger partial charge in [-0.15, -0.1) is 0 Å². The SMILES string of the molecule is CC(C)C1CCCc2cc3ccccc3nc21. The minimum Gasteiger partial charge on any atom is -0.252 e. The Bertz CT molecular complexity index is 542. The highest BCUT2D eigenvalue weighted by Gasteiger charge is 2.24. The number of hydrogen-bond donors (Lipinski definition) is 0. The van der Waals surface area contributed by atoms with Crippen LogP contribution in [0.15, 0.2) is 30.3 Å². The number of para-hydroxylation sites is 1. The Morgan fingerprint density at radius 3 is 2.88 bits per heavy atom. The third kappa shape index (κ3) is 1.84. The maximum Gasteiger partial charge on any atom is 0.0705 e. The van der Waals surface area contributed by atoms with Gasteiger partial charge in [0.15, 0.2) is 0 Å². The molecule has 1 aliphatic carbocycles. The molecule has 1 unspecified atom stereocenters. The van der Waals surface area contributed by atoms with Crippen molar-refractivity contribution in [2.45, 2.75) is 39.0 Å². The Balaban J connectivity index is 2.19. The zero-order valence-corrected chi connectivity index (χ0v) is 10.6. The van der Waals surface area contributed by atoms with Crippen LogP contribution in [-0.4, -0.2) is 4.98 Å². The van der Waals surface area contributed by atoms with Gasteiger partial charge in [-0.3, -0.25) is 4.98 Å². The maximum absolute atomic E-state index is 4.92. The summed E-state index contributed by atoms with van der Waals surface area (Å²) in [6.07, 6.45) is 3.82. The van der Waals surface area contributed by atoms with Crippen LogP contribution in [0.25, 0.3) is 10.9 Å². The molecule has 2 aromatic rings. The number of aromatic nitrogens is 1. The fourth-order valence-corrected chi connectivity index (χ4v) is 2.99. The van der Waals surface area contributed by atoms with Crippen molar-refractivity contribution in [2.24, 2.45) is 5.92 Å². The molecule has 0 fully saturated rings. The summed E-state index contributed by atoms with van der Waals surface area (Å²) in [7, 11) is 0. The lowest BCUT2D eigenvalue weighted by Crippen LogP contribution is -2.16. The second-order valence-electron chi connectivity index (χ2n) is 5.47. The molecule has 1 aromatic heterocycles. The van der Waals surface area contributed by atoms with Crippen LogP contribution in [0.4, 0.5) is 0 Å². The Kier molecular flexibility index (Phi) is 2.62. The van der Waals surface area contributed by atoms with Gasteiger partial charge in [-0.1, -0.05) is 32.0 Å². The van der Waals surface area contributed by atoms with E-state index in [1.807, 2.05) is 0 Å². The molecule has 1 heteroatoms. The fourth-order valence-electron chi connectivity index (χ4n) is 2.99. The number of pyridine rings is 1. The Hall–Kier alpha value is -1.37. The molecule has 0 amide bonds. The lowest BCUT2D eigenvalue weighted by molar-refractivity contribution is 0.424. The summed E-state index contributed by atoms with van der Waals surface area (Å²) >= 11 is 0. The minimum absolute atomic E-state index is 0.656. The molecule has 1 aromatic carbocycles. The first-order valence-corrected chi connectivity index (χ1v) is 6.64. The summed E-state index contributed by atoms with van der Waals surface area (Å²) in [6, 6.07) is 10.8. The molecule has 0 aliphatic heterocycles. The van der Waals surface area contributed by atoms with Gasteiger partial charge in [-0.2, -0.15) is 0 Å². The number of hydrogen-bond acceptors (Lipinski definition) is 1. The molecule has 88 valence electrons. The van der Waals surface area contributed by atoms with E-state index < -0.39 is 0 Å². The van der Waals surface area contributed by atoms with Gasteiger partial charge in [0, 0.05) is 17.0 Å². The topological polar surface area (TPSA) is 12.9 Å². The molecule has 0 N–H and O–H groups in total. The Morgan fingerprint density at radius 1 is 1.24 bits per heavy atom. The van der Waals surface area contributed by atoms with E-state index in [1.54, 1.807) is 0 Å². The maximum atomic E-state index is 4.92. The van der Waals surface area contributed by atoms with Crippen LogP contribution in [0.5, 0.6) is 0 Å². The molecule has 0 saturated carbocycles. The van der Waals surface area contributed by atoms with Gasteiger partial charge >= 0.3 is 0 Å². The van der Waals surface area contributed by atoms with Gasteiger partial charge in [-0.25, -0.2) is 0 Å². The van der Waals surface area contributed by atoms with Crippen LogP contribution in [-0.2, 0) is 6.42 Å². The predicted molar refractivity (Wildman–Crippen MR) is 72.3 cm³/mol. The van der Waals surface area contributed by atoms with Gasteiger partial charge in [-0.05, 0) is 42.9 Å². The lowest BCUT2D eigenvalue weighted by Gasteiger charge is -2.27. The highest BCUT2D eigenvalue weighted by molar-refractivity contribution is 5.79. The van der Waals surface area contributed by atoms with E-state index in [0.717, 1.165) is 5.52 Å². The predicted octanol–water partition coefficient (Wildman–Crippen LogP) is 4.31. The van der Waals surface area contributed by atoms with Gasteiger partial charge in [0.05, 0.1) is 5.52 Å². The molecule has 3 rings (SSSR count). The molecular formula is C16H19N. The molecule has 1 heterocycles. The molecule has 0 saturated heterocycles. The van der Waals surface area contributed by atoms with Crippen molar-refractivity contribution in [3.05, 3.63) is 41.6 Å². The highest BCUT2D eigenvalue weighted by atomic mass is 14.7. The van der Waals surface area contributed by atoms with Gasteiger partial charge in [0.25, 0.3) is 0 Å². The molecular weight excluding hydrogens is 206 g/mol. The Morgan fingerprint density at radius 2 is 2.06 bits per heavy atom. The van der Waals surface area contributed by atoms with Gasteiger partial charge < -0.3 is 0 Å². The zero-order valence-electron chi connectivity index (χ0n) is 10.6. The zero-order chi connectivity index (χ0) is 11.8. The van der Waals surface area contributed by atoms with E-state index in [9.17, 15) is 0 Å². The average Bonchev–Trinajstić information content (AvgIpc) is 2.35. The third-order valence-electron chi connectivity index (χ3n) is 3.95. The summed E-state index contributed by atoms with van der Waals surface area (Å²) in [6.45, 7) is 4.63. The average molecular weight is 225 g/mol. The van der Waals surface area contributed by atoms with Crippen molar-refractivity contribution in [3.8, 4) is 0 Å². The molecule has 1 nitrogen and oxygen atoms in total. The van der Waals surface area contributed by atoms with Crippen LogP contribution < -0.4 is 0 Å². The molecule has 0 radical (unpaired) electrons. The van der Waals surface area contributed by atoms with E-state index in [1.165, 1.54) is 35.9 Å². The van der Waals surface area contributed by atoms with Gasteiger partial charge in [0.2, 0.25) is 0 Å². The second-order valence-corrected chi connectivity index (χ2v) is 5.47. The third-order valence-corrected chi connectivity index (χ3v) is 3.95. The van der Waals surface area contributed by atoms with Crippen molar-refractivity contribution in [3.63, 3.8) is 0 Å². The molecule has 1 aliphatic rings. The molecule has 1 atom stereocenters. The summed E-state index contributed by atoms with van der Waals surface area (Å²) in [5.41, 5.74) is 4.00. The normalized spacial score (nSPS) is 19.6. The number of benzene rings is 1. The number of nitrogens with zero attached hydrogens (tertiary/aromatic N) is 1. The summed E-state index contributed by atoms with van der Waals surface area (Å²) in [5, 5.41) is 1.29. The largest absolute Gasteiger partial charge is 0.252 e. The second kappa shape index (κ2) is 4.14. The van der Waals surface area contributed by atoms with E-state index in [4.69, 9.17) is 4.98 Å². The van der Waals surface area contributed by atoms with Crippen LogP contribution >= 0.6 is 0 Å². The quantitative estimate of drug-likeness (QED) is 0.704. The van der Waals surface area contributed by atoms with Crippen molar-refractivity contribution >= 4 is 10.9 Å². The molecule has 0 spiro atoms. The number of rotatable bonds is 1. The Labute approximate surface area is 103 Å².